The second kappa shape index (κ2) is 17.8. The zero-order chi connectivity index (χ0) is 46.1. The van der Waals surface area contributed by atoms with Gasteiger partial charge < -0.3 is 20.3 Å². The molecular formula is C52H43N5O9. The SMILES string of the molecule is CN(CC#Cc1ccc2c(c1)[C@]1(C(=O)N2C(=O)OCc2ccc([N+](=O)[O-])cc2)[C@H](c2ccc(O)cc2)N2[C@H](c3ccccc3)[C@H](c3ccccc3)OC(=O)[C@H]2[C@@H]1C(N)=O)Cc1ccccc1. The number of morpholine rings is 1. The molecule has 0 saturated carbocycles. The molecule has 1 spiro atoms. The second-order valence-electron chi connectivity index (χ2n) is 16.6. The van der Waals surface area contributed by atoms with Gasteiger partial charge in [-0.05, 0) is 82.9 Å². The highest BCUT2D eigenvalue weighted by Crippen LogP contribution is 2.65. The molecule has 0 radical (unpaired) electrons. The van der Waals surface area contributed by atoms with Gasteiger partial charge in [-0.25, -0.2) is 9.69 Å². The number of carbonyl (C=O) groups excluding carboxylic acids is 4. The van der Waals surface area contributed by atoms with Gasteiger partial charge in [-0.3, -0.25) is 34.3 Å². The minimum atomic E-state index is -2.10. The van der Waals surface area contributed by atoms with E-state index in [1.807, 2.05) is 108 Å². The number of nitrogens with zero attached hydrogens (tertiary/aromatic N) is 4. The first-order chi connectivity index (χ1) is 32.0. The summed E-state index contributed by atoms with van der Waals surface area (Å²) in [5.41, 5.74) is 8.26. The molecule has 14 nitrogen and oxygen atoms in total. The Balaban J connectivity index is 1.23. The van der Waals surface area contributed by atoms with Gasteiger partial charge in [0.15, 0.2) is 0 Å². The third kappa shape index (κ3) is 7.70. The lowest BCUT2D eigenvalue weighted by atomic mass is 9.65. The maximum atomic E-state index is 16.0. The minimum Gasteiger partial charge on any atom is -0.508 e. The van der Waals surface area contributed by atoms with E-state index in [2.05, 4.69) is 11.8 Å². The summed E-state index contributed by atoms with van der Waals surface area (Å²) in [6.07, 6.45) is -2.04. The molecule has 3 amide bonds. The molecular weight excluding hydrogens is 839 g/mol. The maximum absolute atomic E-state index is 16.0. The fourth-order valence-electron chi connectivity index (χ4n) is 9.80. The highest BCUT2D eigenvalue weighted by molar-refractivity contribution is 6.23. The van der Waals surface area contributed by atoms with Crippen LogP contribution >= 0.6 is 0 Å². The number of cyclic esters (lactones) is 1. The summed E-state index contributed by atoms with van der Waals surface area (Å²) in [5.74, 6) is 2.05. The van der Waals surface area contributed by atoms with E-state index >= 15 is 4.79 Å². The molecule has 2 saturated heterocycles. The second-order valence-corrected chi connectivity index (χ2v) is 16.6. The van der Waals surface area contributed by atoms with Crippen molar-refractivity contribution in [1.82, 2.24) is 9.80 Å². The third-order valence-corrected chi connectivity index (χ3v) is 12.5. The van der Waals surface area contributed by atoms with Crippen molar-refractivity contribution in [2.24, 2.45) is 11.7 Å². The number of nitrogens with two attached hydrogens (primary N) is 1. The van der Waals surface area contributed by atoms with Gasteiger partial charge in [0, 0.05) is 24.2 Å². The number of nitro groups is 1. The van der Waals surface area contributed by atoms with Gasteiger partial charge in [-0.1, -0.05) is 115 Å². The fraction of sp³-hybridized carbons (Fsp3) is 0.192. The number of amides is 3. The number of esters is 1. The molecule has 9 rings (SSSR count). The Hall–Kier alpha value is -8.12. The van der Waals surface area contributed by atoms with Crippen LogP contribution in [0, 0.1) is 27.9 Å². The number of rotatable bonds is 10. The highest BCUT2D eigenvalue weighted by atomic mass is 16.6. The van der Waals surface area contributed by atoms with Gasteiger partial charge >= 0.3 is 12.1 Å². The maximum Gasteiger partial charge on any atom is 0.421 e. The molecule has 6 aromatic carbocycles. The molecule has 3 heterocycles. The zero-order valence-electron chi connectivity index (χ0n) is 35.6. The molecule has 6 aromatic rings. The smallest absolute Gasteiger partial charge is 0.421 e. The number of anilines is 1. The number of benzene rings is 6. The van der Waals surface area contributed by atoms with Crippen LogP contribution in [-0.2, 0) is 42.4 Å². The normalized spacial score (nSPS) is 22.0. The molecule has 66 heavy (non-hydrogen) atoms. The summed E-state index contributed by atoms with van der Waals surface area (Å²) in [6.45, 7) is 0.654. The van der Waals surface area contributed by atoms with Gasteiger partial charge in [0.1, 0.15) is 29.9 Å². The largest absolute Gasteiger partial charge is 0.508 e. The van der Waals surface area contributed by atoms with E-state index in [0.717, 1.165) is 10.5 Å². The van der Waals surface area contributed by atoms with E-state index in [9.17, 15) is 29.6 Å². The monoisotopic (exact) mass is 881 g/mol. The molecule has 0 aliphatic carbocycles. The van der Waals surface area contributed by atoms with Crippen molar-refractivity contribution in [2.45, 2.75) is 42.8 Å². The predicted molar refractivity (Wildman–Crippen MR) is 242 cm³/mol. The van der Waals surface area contributed by atoms with Crippen molar-refractivity contribution in [3.8, 4) is 17.6 Å². The number of aromatic hydroxyl groups is 1. The molecule has 2 fully saturated rings. The van der Waals surface area contributed by atoms with Gasteiger partial charge in [-0.15, -0.1) is 0 Å². The summed E-state index contributed by atoms with van der Waals surface area (Å²) in [4.78, 5) is 75.4. The molecule has 3 aliphatic heterocycles. The van der Waals surface area contributed by atoms with Gasteiger partial charge in [-0.2, -0.15) is 0 Å². The van der Waals surface area contributed by atoms with Crippen LogP contribution < -0.4 is 10.6 Å². The third-order valence-electron chi connectivity index (χ3n) is 12.5. The first-order valence-electron chi connectivity index (χ1n) is 21.2. The summed E-state index contributed by atoms with van der Waals surface area (Å²) in [5, 5.41) is 21.9. The first-order valence-corrected chi connectivity index (χ1v) is 21.2. The molecule has 0 bridgehead atoms. The number of carbonyl (C=O) groups is 4. The van der Waals surface area contributed by atoms with Crippen molar-refractivity contribution in [3.05, 3.63) is 207 Å². The number of primary amides is 1. The van der Waals surface area contributed by atoms with Crippen molar-refractivity contribution >= 4 is 35.3 Å². The van der Waals surface area contributed by atoms with Gasteiger partial charge in [0.05, 0.1) is 35.2 Å². The fourth-order valence-corrected chi connectivity index (χ4v) is 9.80. The van der Waals surface area contributed by atoms with Crippen molar-refractivity contribution in [1.29, 1.82) is 0 Å². The van der Waals surface area contributed by atoms with Crippen LogP contribution in [-0.4, -0.2) is 63.3 Å². The van der Waals surface area contributed by atoms with Crippen LogP contribution in [0.4, 0.5) is 16.2 Å². The lowest BCUT2D eigenvalue weighted by molar-refractivity contribution is -0.384. The van der Waals surface area contributed by atoms with E-state index < -0.39 is 64.4 Å². The van der Waals surface area contributed by atoms with Crippen molar-refractivity contribution in [2.75, 3.05) is 18.5 Å². The van der Waals surface area contributed by atoms with E-state index in [1.165, 1.54) is 36.4 Å². The summed E-state index contributed by atoms with van der Waals surface area (Å²) in [7, 11) is 1.94. The Labute approximate surface area is 379 Å². The Bertz CT molecular complexity index is 2890. The van der Waals surface area contributed by atoms with E-state index in [0.29, 0.717) is 40.9 Å². The van der Waals surface area contributed by atoms with Gasteiger partial charge in [0.25, 0.3) is 5.69 Å². The van der Waals surface area contributed by atoms with Crippen LogP contribution in [0.25, 0.3) is 0 Å². The molecule has 3 aliphatic rings. The minimum absolute atomic E-state index is 0.0713. The van der Waals surface area contributed by atoms with Crippen molar-refractivity contribution in [3.63, 3.8) is 0 Å². The van der Waals surface area contributed by atoms with Gasteiger partial charge in [0.2, 0.25) is 11.8 Å². The number of hydrogen-bond donors (Lipinski definition) is 2. The van der Waals surface area contributed by atoms with Crippen LogP contribution in [0.3, 0.4) is 0 Å². The number of fused-ring (bicyclic) bond motifs is 3. The topological polar surface area (TPSA) is 186 Å². The Kier molecular flexibility index (Phi) is 11.6. The number of imide groups is 1. The van der Waals surface area contributed by atoms with E-state index in [-0.39, 0.29) is 29.3 Å². The lowest BCUT2D eigenvalue weighted by Crippen LogP contribution is -2.55. The number of hydrogen-bond acceptors (Lipinski definition) is 11. The number of non-ortho nitro benzene ring substituents is 1. The number of phenolic OH excluding ortho intramolecular Hbond substituents is 1. The summed E-state index contributed by atoms with van der Waals surface area (Å²) in [6, 6.07) is 41.4. The van der Waals surface area contributed by atoms with E-state index in [4.69, 9.17) is 15.2 Å². The highest BCUT2D eigenvalue weighted by Gasteiger charge is 2.75. The summed E-state index contributed by atoms with van der Waals surface area (Å²) < 4.78 is 12.2. The molecule has 14 heteroatoms. The summed E-state index contributed by atoms with van der Waals surface area (Å²) >= 11 is 0. The first kappa shape index (κ1) is 43.1. The van der Waals surface area contributed by atoms with Crippen LogP contribution in [0.2, 0.25) is 0 Å². The lowest BCUT2D eigenvalue weighted by Gasteiger charge is -2.46. The molecule has 0 unspecified atom stereocenters. The average molecular weight is 882 g/mol. The molecule has 6 atom stereocenters. The number of phenols is 1. The predicted octanol–water partition coefficient (Wildman–Crippen LogP) is 7.27. The Morgan fingerprint density at radius 1 is 0.818 bits per heavy atom. The van der Waals surface area contributed by atoms with Crippen LogP contribution in [0.15, 0.2) is 158 Å². The zero-order valence-corrected chi connectivity index (χ0v) is 35.6. The molecule has 3 N–H and O–H groups in total. The average Bonchev–Trinajstić information content (AvgIpc) is 3.78. The number of nitro benzene ring substituents is 1. The number of ether oxygens (including phenoxy) is 2. The van der Waals surface area contributed by atoms with Crippen molar-refractivity contribution < 1.29 is 38.7 Å². The molecule has 330 valence electrons. The van der Waals surface area contributed by atoms with Crippen LogP contribution in [0.1, 0.15) is 57.1 Å². The standard InChI is InChI=1S/C52H43N5O9/c1-54(31-34-12-5-2-6-13-34)29-11-14-33-21-28-42-41(30-33)52(50(61)55(42)51(62)65-32-35-19-24-39(25-20-35)57(63)64)43(48(53)59)45-49(60)66-46(37-17-9-4-10-18-37)44(36-15-7-3-8-16-36)56(45)47(52)38-22-26-40(58)27-23-38/h2-10,12-13,15-28,30,43-47,58H,29,31-32H2,1H3,(H2,53,59)/t43-,44-,45-,46+,47+,52-/m1/s1. The molecule has 0 aromatic heterocycles. The van der Waals surface area contributed by atoms with E-state index in [1.54, 1.807) is 30.3 Å². The Morgan fingerprint density at radius 3 is 2.09 bits per heavy atom. The quantitative estimate of drug-likeness (QED) is 0.0610. The Morgan fingerprint density at radius 2 is 1.45 bits per heavy atom. The van der Waals surface area contributed by atoms with Crippen LogP contribution in [0.5, 0.6) is 5.75 Å².